The van der Waals surface area contributed by atoms with Crippen LogP contribution in [0.25, 0.3) is 0 Å². The monoisotopic (exact) mass is 387 g/mol. The molecule has 0 atom stereocenters. The number of nitrogens with one attached hydrogen (secondary N) is 1. The maximum atomic E-state index is 12.6. The van der Waals surface area contributed by atoms with Crippen LogP contribution in [0.5, 0.6) is 23.0 Å². The summed E-state index contributed by atoms with van der Waals surface area (Å²) in [6, 6.07) is 8.24. The zero-order valence-corrected chi connectivity index (χ0v) is 15.9. The standard InChI is InChI=1S/C20H21NO7/c1-24-15-5-4-12(8-14(15)20(23)26-3)11-21-19(22)13-9-16(25-2)18-17(10-13)27-6-7-28-18/h4-5,8-10H,6-7,11H2,1-3H3,(H,21,22). The molecule has 0 bridgehead atoms. The van der Waals surface area contributed by atoms with Crippen molar-refractivity contribution in [3.05, 3.63) is 47.0 Å². The van der Waals surface area contributed by atoms with Gasteiger partial charge in [-0.3, -0.25) is 4.79 Å². The van der Waals surface area contributed by atoms with Gasteiger partial charge in [0.1, 0.15) is 24.5 Å². The first-order valence-electron chi connectivity index (χ1n) is 8.58. The van der Waals surface area contributed by atoms with Crippen LogP contribution in [0.3, 0.4) is 0 Å². The van der Waals surface area contributed by atoms with E-state index in [4.69, 9.17) is 23.7 Å². The molecule has 0 unspecified atom stereocenters. The van der Waals surface area contributed by atoms with Crippen LogP contribution in [0.4, 0.5) is 0 Å². The van der Waals surface area contributed by atoms with Gasteiger partial charge in [-0.1, -0.05) is 6.07 Å². The van der Waals surface area contributed by atoms with Crippen molar-refractivity contribution in [1.82, 2.24) is 5.32 Å². The highest BCUT2D eigenvalue weighted by Crippen LogP contribution is 2.40. The summed E-state index contributed by atoms with van der Waals surface area (Å²) in [5, 5.41) is 2.81. The van der Waals surface area contributed by atoms with Crippen LogP contribution in [-0.2, 0) is 11.3 Å². The molecule has 0 fully saturated rings. The molecule has 28 heavy (non-hydrogen) atoms. The Morgan fingerprint density at radius 1 is 1.00 bits per heavy atom. The fourth-order valence-corrected chi connectivity index (χ4v) is 2.82. The van der Waals surface area contributed by atoms with Crippen molar-refractivity contribution < 1.29 is 33.3 Å². The zero-order chi connectivity index (χ0) is 20.1. The van der Waals surface area contributed by atoms with Crippen molar-refractivity contribution >= 4 is 11.9 Å². The first kappa shape index (κ1) is 19.3. The Kier molecular flexibility index (Phi) is 5.88. The molecule has 0 saturated carbocycles. The van der Waals surface area contributed by atoms with Crippen LogP contribution < -0.4 is 24.3 Å². The number of hydrogen-bond donors (Lipinski definition) is 1. The van der Waals surface area contributed by atoms with Gasteiger partial charge in [-0.25, -0.2) is 4.79 Å². The van der Waals surface area contributed by atoms with Gasteiger partial charge in [0, 0.05) is 12.1 Å². The summed E-state index contributed by atoms with van der Waals surface area (Å²) < 4.78 is 26.3. The number of benzene rings is 2. The lowest BCUT2D eigenvalue weighted by Gasteiger charge is -2.21. The molecular weight excluding hydrogens is 366 g/mol. The van der Waals surface area contributed by atoms with Gasteiger partial charge >= 0.3 is 5.97 Å². The Hall–Kier alpha value is -3.42. The van der Waals surface area contributed by atoms with Gasteiger partial charge in [0.05, 0.1) is 21.3 Å². The van der Waals surface area contributed by atoms with E-state index < -0.39 is 5.97 Å². The van der Waals surface area contributed by atoms with Crippen molar-refractivity contribution in [2.24, 2.45) is 0 Å². The lowest BCUT2D eigenvalue weighted by atomic mass is 10.1. The van der Waals surface area contributed by atoms with Gasteiger partial charge in [-0.15, -0.1) is 0 Å². The Balaban J connectivity index is 1.76. The smallest absolute Gasteiger partial charge is 0.341 e. The highest BCUT2D eigenvalue weighted by molar-refractivity contribution is 5.96. The Labute approximate surface area is 162 Å². The summed E-state index contributed by atoms with van der Waals surface area (Å²) in [5.74, 6) is 0.960. The molecule has 2 aromatic carbocycles. The molecule has 0 aromatic heterocycles. The topological polar surface area (TPSA) is 92.3 Å². The molecular formula is C20H21NO7. The van der Waals surface area contributed by atoms with E-state index in [2.05, 4.69) is 5.32 Å². The van der Waals surface area contributed by atoms with E-state index >= 15 is 0 Å². The summed E-state index contributed by atoms with van der Waals surface area (Å²) in [6.07, 6.45) is 0. The Morgan fingerprint density at radius 2 is 1.75 bits per heavy atom. The predicted molar refractivity (Wildman–Crippen MR) is 99.5 cm³/mol. The van der Waals surface area contributed by atoms with Crippen LogP contribution in [-0.4, -0.2) is 46.4 Å². The second-order valence-electron chi connectivity index (χ2n) is 5.91. The van der Waals surface area contributed by atoms with Gasteiger partial charge in [0.2, 0.25) is 5.75 Å². The van der Waals surface area contributed by atoms with Crippen molar-refractivity contribution in [3.8, 4) is 23.0 Å². The van der Waals surface area contributed by atoms with E-state index in [9.17, 15) is 9.59 Å². The molecule has 1 heterocycles. The molecule has 0 spiro atoms. The number of carbonyl (C=O) groups is 2. The van der Waals surface area contributed by atoms with E-state index in [0.29, 0.717) is 41.8 Å². The summed E-state index contributed by atoms with van der Waals surface area (Å²) in [6.45, 7) is 1.04. The highest BCUT2D eigenvalue weighted by atomic mass is 16.6. The predicted octanol–water partition coefficient (Wildman–Crippen LogP) is 2.19. The number of ether oxygens (including phenoxy) is 5. The van der Waals surface area contributed by atoms with E-state index in [1.807, 2.05) is 0 Å². The van der Waals surface area contributed by atoms with Gasteiger partial charge < -0.3 is 29.0 Å². The molecule has 8 heteroatoms. The molecule has 1 aliphatic rings. The average molecular weight is 387 g/mol. The molecule has 0 saturated heterocycles. The van der Waals surface area contributed by atoms with Gasteiger partial charge in [0.25, 0.3) is 5.91 Å². The van der Waals surface area contributed by atoms with Crippen LogP contribution in [0, 0.1) is 0 Å². The SMILES string of the molecule is COC(=O)c1cc(CNC(=O)c2cc(OC)c3c(c2)OCCO3)ccc1OC. The van der Waals surface area contributed by atoms with Crippen molar-refractivity contribution in [2.45, 2.75) is 6.54 Å². The molecule has 0 aliphatic carbocycles. The van der Waals surface area contributed by atoms with E-state index in [1.54, 1.807) is 30.3 Å². The number of esters is 1. The summed E-state index contributed by atoms with van der Waals surface area (Å²) in [4.78, 5) is 24.5. The lowest BCUT2D eigenvalue weighted by molar-refractivity contribution is 0.0597. The molecule has 1 aliphatic heterocycles. The summed E-state index contributed by atoms with van der Waals surface area (Å²) in [7, 11) is 4.27. The van der Waals surface area contributed by atoms with Crippen LogP contribution in [0.1, 0.15) is 26.3 Å². The third-order valence-electron chi connectivity index (χ3n) is 4.21. The van der Waals surface area contributed by atoms with E-state index in [0.717, 1.165) is 5.56 Å². The van der Waals surface area contributed by atoms with Gasteiger partial charge in [0.15, 0.2) is 11.5 Å². The van der Waals surface area contributed by atoms with Crippen LogP contribution in [0.15, 0.2) is 30.3 Å². The van der Waals surface area contributed by atoms with Gasteiger partial charge in [-0.2, -0.15) is 0 Å². The number of hydrogen-bond acceptors (Lipinski definition) is 7. The fourth-order valence-electron chi connectivity index (χ4n) is 2.82. The minimum Gasteiger partial charge on any atom is -0.496 e. The number of amides is 1. The first-order valence-corrected chi connectivity index (χ1v) is 8.58. The average Bonchev–Trinajstić information content (AvgIpc) is 2.75. The minimum absolute atomic E-state index is 0.212. The van der Waals surface area contributed by atoms with Crippen molar-refractivity contribution in [1.29, 1.82) is 0 Å². The molecule has 148 valence electrons. The highest BCUT2D eigenvalue weighted by Gasteiger charge is 2.21. The number of rotatable bonds is 6. The Morgan fingerprint density at radius 3 is 2.46 bits per heavy atom. The molecule has 1 amide bonds. The largest absolute Gasteiger partial charge is 0.496 e. The lowest BCUT2D eigenvalue weighted by Crippen LogP contribution is -2.24. The summed E-state index contributed by atoms with van der Waals surface area (Å²) in [5.41, 5.74) is 1.39. The number of fused-ring (bicyclic) bond motifs is 1. The quantitative estimate of drug-likeness (QED) is 0.760. The second kappa shape index (κ2) is 8.51. The number of carbonyl (C=O) groups excluding carboxylic acids is 2. The molecule has 0 radical (unpaired) electrons. The maximum Gasteiger partial charge on any atom is 0.341 e. The first-order chi connectivity index (χ1) is 13.6. The third-order valence-corrected chi connectivity index (χ3v) is 4.21. The van der Waals surface area contributed by atoms with Crippen molar-refractivity contribution in [3.63, 3.8) is 0 Å². The summed E-state index contributed by atoms with van der Waals surface area (Å²) >= 11 is 0. The molecule has 3 rings (SSSR count). The number of methoxy groups -OCH3 is 3. The Bertz CT molecular complexity index is 877. The molecule has 1 N–H and O–H groups in total. The molecule has 2 aromatic rings. The normalized spacial score (nSPS) is 12.1. The second-order valence-corrected chi connectivity index (χ2v) is 5.91. The maximum absolute atomic E-state index is 12.6. The minimum atomic E-state index is -0.512. The zero-order valence-electron chi connectivity index (χ0n) is 15.9. The molecule has 8 nitrogen and oxygen atoms in total. The van der Waals surface area contributed by atoms with Gasteiger partial charge in [-0.05, 0) is 29.8 Å². The van der Waals surface area contributed by atoms with E-state index in [-0.39, 0.29) is 18.0 Å². The van der Waals surface area contributed by atoms with Crippen molar-refractivity contribution in [2.75, 3.05) is 34.5 Å². The fraction of sp³-hybridized carbons (Fsp3) is 0.300. The van der Waals surface area contributed by atoms with E-state index in [1.165, 1.54) is 21.3 Å². The van der Waals surface area contributed by atoms with Crippen LogP contribution in [0.2, 0.25) is 0 Å². The van der Waals surface area contributed by atoms with Crippen LogP contribution >= 0.6 is 0 Å². The third kappa shape index (κ3) is 3.95.